The first-order valence-electron chi connectivity index (χ1n) is 11.8. The van der Waals surface area contributed by atoms with Gasteiger partial charge in [-0.3, -0.25) is 4.99 Å². The Hall–Kier alpha value is -3.29. The molecule has 3 heterocycles. The van der Waals surface area contributed by atoms with Crippen LogP contribution in [0.2, 0.25) is 0 Å². The van der Waals surface area contributed by atoms with E-state index in [0.29, 0.717) is 31.0 Å². The Morgan fingerprint density at radius 2 is 2.12 bits per heavy atom. The predicted octanol–water partition coefficient (Wildman–Crippen LogP) is 3.61. The summed E-state index contributed by atoms with van der Waals surface area (Å²) in [6.07, 6.45) is 11.1. The Labute approximate surface area is 202 Å². The summed E-state index contributed by atoms with van der Waals surface area (Å²) in [6, 6.07) is 8.29. The van der Waals surface area contributed by atoms with Crippen molar-refractivity contribution >= 4 is 23.2 Å². The summed E-state index contributed by atoms with van der Waals surface area (Å²) in [5, 5.41) is 17.7. The molecular formula is C27H34N6O. The largest absolute Gasteiger partial charge is 0.388 e. The lowest BCUT2D eigenvalue weighted by Gasteiger charge is -2.33. The predicted molar refractivity (Wildman–Crippen MR) is 141 cm³/mol. The third-order valence-corrected chi connectivity index (χ3v) is 6.16. The molecule has 3 N–H and O–H groups in total. The Kier molecular flexibility index (Phi) is 7.24. The zero-order valence-electron chi connectivity index (χ0n) is 20.3. The number of piperidine rings is 1. The van der Waals surface area contributed by atoms with Crippen LogP contribution in [0.15, 0.2) is 60.4 Å². The number of rotatable bonds is 8. The van der Waals surface area contributed by atoms with Gasteiger partial charge in [0.25, 0.3) is 0 Å². The second-order valence-electron chi connectivity index (χ2n) is 9.26. The number of allylic oxidation sites excluding steroid dienone is 3. The van der Waals surface area contributed by atoms with E-state index in [0.717, 1.165) is 40.9 Å². The number of aliphatic imine (C=N–C) groups is 1. The Morgan fingerprint density at radius 3 is 2.79 bits per heavy atom. The molecule has 0 radical (unpaired) electrons. The molecule has 7 nitrogen and oxygen atoms in total. The molecule has 2 aliphatic heterocycles. The SMILES string of the molecule is C=C/C(=C\N(C)C)c1cccc(-c2ncc(C3=CC(C)N=C3)c(NCC3(O)CCNCC3)n2)c1. The summed E-state index contributed by atoms with van der Waals surface area (Å²) in [6.45, 7) is 8.07. The molecule has 1 atom stereocenters. The lowest BCUT2D eigenvalue weighted by atomic mass is 9.92. The van der Waals surface area contributed by atoms with Gasteiger partial charge in [-0.2, -0.15) is 0 Å². The van der Waals surface area contributed by atoms with Gasteiger partial charge < -0.3 is 20.6 Å². The second-order valence-corrected chi connectivity index (χ2v) is 9.26. The van der Waals surface area contributed by atoms with Gasteiger partial charge in [-0.25, -0.2) is 9.97 Å². The van der Waals surface area contributed by atoms with E-state index in [9.17, 15) is 5.11 Å². The highest BCUT2D eigenvalue weighted by atomic mass is 16.3. The van der Waals surface area contributed by atoms with Gasteiger partial charge in [0.15, 0.2) is 5.82 Å². The average molecular weight is 459 g/mol. The number of aliphatic hydroxyl groups is 1. The molecule has 7 heteroatoms. The number of nitrogens with zero attached hydrogens (tertiary/aromatic N) is 4. The van der Waals surface area contributed by atoms with Crippen molar-refractivity contribution in [3.63, 3.8) is 0 Å². The maximum absolute atomic E-state index is 11.0. The minimum Gasteiger partial charge on any atom is -0.388 e. The Morgan fingerprint density at radius 1 is 1.32 bits per heavy atom. The molecule has 1 aromatic carbocycles. The van der Waals surface area contributed by atoms with Gasteiger partial charge in [0, 0.05) is 56.0 Å². The van der Waals surface area contributed by atoms with Crippen LogP contribution in [0.25, 0.3) is 22.5 Å². The molecule has 34 heavy (non-hydrogen) atoms. The van der Waals surface area contributed by atoms with Crippen molar-refractivity contribution in [3.8, 4) is 11.4 Å². The molecule has 2 aliphatic rings. The molecule has 1 unspecified atom stereocenters. The van der Waals surface area contributed by atoms with Crippen molar-refractivity contribution in [1.29, 1.82) is 0 Å². The quantitative estimate of drug-likeness (QED) is 0.524. The number of hydrogen-bond donors (Lipinski definition) is 3. The number of benzene rings is 1. The van der Waals surface area contributed by atoms with E-state index in [1.807, 2.05) is 62.7 Å². The summed E-state index contributed by atoms with van der Waals surface area (Å²) in [7, 11) is 3.98. The van der Waals surface area contributed by atoms with E-state index in [1.54, 1.807) is 0 Å². The number of hydrogen-bond acceptors (Lipinski definition) is 7. The van der Waals surface area contributed by atoms with Crippen LogP contribution in [0.5, 0.6) is 0 Å². The third-order valence-electron chi connectivity index (χ3n) is 6.16. The van der Waals surface area contributed by atoms with Crippen LogP contribution in [-0.2, 0) is 0 Å². The standard InChI is InChI=1S/C27H34N6O/c1-5-20(17-33(3)4)21-7-6-8-22(14-21)25-30-16-24(23-13-19(2)29-15-23)26(32-25)31-18-27(34)9-11-28-12-10-27/h5-8,13-17,19,28,34H,1,9-12,18H2,2-4H3,(H,30,31,32)/b20-17+. The fourth-order valence-corrected chi connectivity index (χ4v) is 4.25. The van der Waals surface area contributed by atoms with Gasteiger partial charge in [0.1, 0.15) is 5.82 Å². The molecule has 0 bridgehead atoms. The summed E-state index contributed by atoms with van der Waals surface area (Å²) in [5.41, 5.74) is 4.12. The molecule has 0 spiro atoms. The van der Waals surface area contributed by atoms with E-state index in [-0.39, 0.29) is 6.04 Å². The Bertz CT molecular complexity index is 1130. The van der Waals surface area contributed by atoms with E-state index < -0.39 is 5.60 Å². The minimum atomic E-state index is -0.755. The van der Waals surface area contributed by atoms with Gasteiger partial charge in [-0.05, 0) is 50.1 Å². The minimum absolute atomic E-state index is 0.133. The van der Waals surface area contributed by atoms with Gasteiger partial charge in [-0.15, -0.1) is 0 Å². The number of anilines is 1. The average Bonchev–Trinajstić information content (AvgIpc) is 3.27. The monoisotopic (exact) mass is 458 g/mol. The van der Waals surface area contributed by atoms with Crippen LogP contribution in [-0.4, -0.2) is 71.6 Å². The lowest BCUT2D eigenvalue weighted by molar-refractivity contribution is 0.0231. The van der Waals surface area contributed by atoms with Crippen molar-refractivity contribution in [2.45, 2.75) is 31.4 Å². The highest BCUT2D eigenvalue weighted by Crippen LogP contribution is 2.29. The molecular weight excluding hydrogens is 424 g/mol. The zero-order chi connectivity index (χ0) is 24.1. The molecule has 4 rings (SSSR count). The first-order valence-corrected chi connectivity index (χ1v) is 11.8. The normalized spacial score (nSPS) is 19.6. The first-order chi connectivity index (χ1) is 16.4. The first kappa shape index (κ1) is 23.9. The number of nitrogens with one attached hydrogen (secondary N) is 2. The van der Waals surface area contributed by atoms with Crippen LogP contribution in [0.1, 0.15) is 30.9 Å². The fourth-order valence-electron chi connectivity index (χ4n) is 4.25. The van der Waals surface area contributed by atoms with E-state index in [4.69, 9.17) is 9.97 Å². The highest BCUT2D eigenvalue weighted by molar-refractivity contribution is 6.13. The second kappa shape index (κ2) is 10.3. The van der Waals surface area contributed by atoms with Gasteiger partial charge in [0.05, 0.1) is 11.6 Å². The Balaban J connectivity index is 1.68. The molecule has 1 saturated heterocycles. The summed E-state index contributed by atoms with van der Waals surface area (Å²) in [4.78, 5) is 16.1. The van der Waals surface area contributed by atoms with Gasteiger partial charge in [-0.1, -0.05) is 36.9 Å². The van der Waals surface area contributed by atoms with Crippen molar-refractivity contribution in [3.05, 3.63) is 66.5 Å². The smallest absolute Gasteiger partial charge is 0.161 e. The number of aromatic nitrogens is 2. The maximum Gasteiger partial charge on any atom is 0.161 e. The summed E-state index contributed by atoms with van der Waals surface area (Å²) in [5.74, 6) is 1.34. The van der Waals surface area contributed by atoms with Crippen molar-refractivity contribution in [1.82, 2.24) is 20.2 Å². The highest BCUT2D eigenvalue weighted by Gasteiger charge is 2.29. The molecule has 1 fully saturated rings. The molecule has 0 amide bonds. The van der Waals surface area contributed by atoms with Gasteiger partial charge >= 0.3 is 0 Å². The van der Waals surface area contributed by atoms with Gasteiger partial charge in [0.2, 0.25) is 0 Å². The van der Waals surface area contributed by atoms with Crippen molar-refractivity contribution in [2.75, 3.05) is 39.0 Å². The molecule has 0 saturated carbocycles. The maximum atomic E-state index is 11.0. The third kappa shape index (κ3) is 5.61. The van der Waals surface area contributed by atoms with Crippen LogP contribution in [0.3, 0.4) is 0 Å². The van der Waals surface area contributed by atoms with Crippen LogP contribution in [0, 0.1) is 0 Å². The van der Waals surface area contributed by atoms with Crippen molar-refractivity contribution < 1.29 is 5.11 Å². The van der Waals surface area contributed by atoms with Crippen LogP contribution in [0.4, 0.5) is 5.82 Å². The molecule has 0 aliphatic carbocycles. The summed E-state index contributed by atoms with van der Waals surface area (Å²) < 4.78 is 0. The van der Waals surface area contributed by atoms with Crippen LogP contribution >= 0.6 is 0 Å². The summed E-state index contributed by atoms with van der Waals surface area (Å²) >= 11 is 0. The molecule has 178 valence electrons. The zero-order valence-corrected chi connectivity index (χ0v) is 20.3. The van der Waals surface area contributed by atoms with E-state index >= 15 is 0 Å². The lowest BCUT2D eigenvalue weighted by Crippen LogP contribution is -2.46. The molecule has 2 aromatic rings. The van der Waals surface area contributed by atoms with E-state index in [2.05, 4.69) is 40.4 Å². The van der Waals surface area contributed by atoms with Crippen LogP contribution < -0.4 is 10.6 Å². The van der Waals surface area contributed by atoms with E-state index in [1.165, 1.54) is 0 Å². The topological polar surface area (TPSA) is 85.7 Å². The van der Waals surface area contributed by atoms with Crippen molar-refractivity contribution in [2.24, 2.45) is 4.99 Å². The molecule has 1 aromatic heterocycles. The fraction of sp³-hybridized carbons (Fsp3) is 0.370.